The smallest absolute Gasteiger partial charge is 0.261 e. The lowest BCUT2D eigenvalue weighted by Crippen LogP contribution is -2.16. The van der Waals surface area contributed by atoms with Crippen LogP contribution >= 0.6 is 11.6 Å². The molecular weight excluding hydrogens is 384 g/mol. The standard InChI is InChI=1S/C20H17ClN2O3S/c1-14-7-2-4-11-18(14)22-20(24)15-8-6-9-16(13-15)27(25,26)23-19-12-5-3-10-17(19)21/h2-13,23H,1H3,(H,22,24). The van der Waals surface area contributed by atoms with Crippen LogP contribution < -0.4 is 10.0 Å². The molecule has 0 heterocycles. The molecular formula is C20H17ClN2O3S. The lowest BCUT2D eigenvalue weighted by Gasteiger charge is -2.11. The van der Waals surface area contributed by atoms with Gasteiger partial charge >= 0.3 is 0 Å². The van der Waals surface area contributed by atoms with E-state index in [-0.39, 0.29) is 27.1 Å². The quantitative estimate of drug-likeness (QED) is 0.651. The molecule has 0 aliphatic heterocycles. The van der Waals surface area contributed by atoms with Crippen molar-refractivity contribution in [1.29, 1.82) is 0 Å². The summed E-state index contributed by atoms with van der Waals surface area (Å²) in [5, 5.41) is 3.08. The van der Waals surface area contributed by atoms with Crippen molar-refractivity contribution in [2.24, 2.45) is 0 Å². The van der Waals surface area contributed by atoms with Gasteiger partial charge in [0, 0.05) is 11.3 Å². The highest BCUT2D eigenvalue weighted by molar-refractivity contribution is 7.92. The number of anilines is 2. The van der Waals surface area contributed by atoms with Crippen molar-refractivity contribution in [1.82, 2.24) is 0 Å². The zero-order chi connectivity index (χ0) is 19.4. The summed E-state index contributed by atoms with van der Waals surface area (Å²) < 4.78 is 27.7. The number of carbonyl (C=O) groups excluding carboxylic acids is 1. The third-order valence-electron chi connectivity index (χ3n) is 3.92. The maximum atomic E-state index is 12.6. The molecule has 0 aromatic heterocycles. The number of para-hydroxylation sites is 2. The van der Waals surface area contributed by atoms with Crippen LogP contribution in [0, 0.1) is 6.92 Å². The van der Waals surface area contributed by atoms with Crippen LogP contribution in [-0.4, -0.2) is 14.3 Å². The minimum Gasteiger partial charge on any atom is -0.322 e. The molecule has 0 saturated heterocycles. The molecule has 1 amide bonds. The summed E-state index contributed by atoms with van der Waals surface area (Å²) in [6.07, 6.45) is 0. The first-order valence-electron chi connectivity index (χ1n) is 8.11. The van der Waals surface area contributed by atoms with Crippen LogP contribution in [0.15, 0.2) is 77.7 Å². The van der Waals surface area contributed by atoms with Crippen molar-refractivity contribution in [2.75, 3.05) is 10.0 Å². The van der Waals surface area contributed by atoms with Crippen LogP contribution in [0.25, 0.3) is 0 Å². The van der Waals surface area contributed by atoms with Crippen LogP contribution in [0.2, 0.25) is 5.02 Å². The van der Waals surface area contributed by atoms with Gasteiger partial charge in [-0.15, -0.1) is 0 Å². The number of hydrogen-bond donors (Lipinski definition) is 2. The fraction of sp³-hybridized carbons (Fsp3) is 0.0500. The van der Waals surface area contributed by atoms with E-state index in [9.17, 15) is 13.2 Å². The Morgan fingerprint density at radius 1 is 0.889 bits per heavy atom. The molecule has 27 heavy (non-hydrogen) atoms. The van der Waals surface area contributed by atoms with Gasteiger partial charge in [-0.25, -0.2) is 8.42 Å². The highest BCUT2D eigenvalue weighted by atomic mass is 35.5. The minimum absolute atomic E-state index is 0.0279. The highest BCUT2D eigenvalue weighted by Crippen LogP contribution is 2.24. The van der Waals surface area contributed by atoms with Crippen molar-refractivity contribution >= 4 is 38.9 Å². The van der Waals surface area contributed by atoms with Gasteiger partial charge in [0.1, 0.15) is 0 Å². The summed E-state index contributed by atoms with van der Waals surface area (Å²) in [5.74, 6) is -0.390. The summed E-state index contributed by atoms with van der Waals surface area (Å²) in [4.78, 5) is 12.5. The Morgan fingerprint density at radius 3 is 2.26 bits per heavy atom. The number of amides is 1. The summed E-state index contributed by atoms with van der Waals surface area (Å²) >= 11 is 6.01. The molecule has 0 aliphatic rings. The van der Waals surface area contributed by atoms with Crippen LogP contribution in [0.1, 0.15) is 15.9 Å². The first kappa shape index (κ1) is 18.9. The summed E-state index contributed by atoms with van der Waals surface area (Å²) in [6.45, 7) is 1.88. The third-order valence-corrected chi connectivity index (χ3v) is 5.61. The van der Waals surface area contributed by atoms with Crippen LogP contribution in [-0.2, 0) is 10.0 Å². The van der Waals surface area contributed by atoms with Gasteiger partial charge in [0.25, 0.3) is 15.9 Å². The Morgan fingerprint density at radius 2 is 1.56 bits per heavy atom. The van der Waals surface area contributed by atoms with Crippen LogP contribution in [0.4, 0.5) is 11.4 Å². The second-order valence-corrected chi connectivity index (χ2v) is 7.97. The van der Waals surface area contributed by atoms with Crippen molar-refractivity contribution in [3.05, 3.63) is 88.9 Å². The number of hydrogen-bond acceptors (Lipinski definition) is 3. The topological polar surface area (TPSA) is 75.3 Å². The van der Waals surface area contributed by atoms with Crippen LogP contribution in [0.3, 0.4) is 0 Å². The van der Waals surface area contributed by atoms with Gasteiger partial charge in [-0.1, -0.05) is 48.0 Å². The van der Waals surface area contributed by atoms with E-state index in [0.717, 1.165) is 5.56 Å². The lowest BCUT2D eigenvalue weighted by atomic mass is 10.1. The Hall–Kier alpha value is -2.83. The van der Waals surface area contributed by atoms with Gasteiger partial charge in [-0.05, 0) is 48.9 Å². The number of rotatable bonds is 5. The summed E-state index contributed by atoms with van der Waals surface area (Å²) in [5.41, 5.74) is 2.09. The first-order valence-corrected chi connectivity index (χ1v) is 9.97. The number of halogens is 1. The largest absolute Gasteiger partial charge is 0.322 e. The Labute approximate surface area is 163 Å². The molecule has 0 spiro atoms. The number of nitrogens with one attached hydrogen (secondary N) is 2. The SMILES string of the molecule is Cc1ccccc1NC(=O)c1cccc(S(=O)(=O)Nc2ccccc2Cl)c1. The molecule has 0 radical (unpaired) electrons. The molecule has 0 aliphatic carbocycles. The predicted molar refractivity (Wildman–Crippen MR) is 108 cm³/mol. The van der Waals surface area contributed by atoms with E-state index in [4.69, 9.17) is 11.6 Å². The van der Waals surface area contributed by atoms with Crippen molar-refractivity contribution in [3.63, 3.8) is 0 Å². The first-order chi connectivity index (χ1) is 12.9. The molecule has 138 valence electrons. The second-order valence-electron chi connectivity index (χ2n) is 5.88. The van der Waals surface area contributed by atoms with E-state index in [2.05, 4.69) is 10.0 Å². The number of benzene rings is 3. The molecule has 3 aromatic rings. The average Bonchev–Trinajstić information content (AvgIpc) is 2.65. The monoisotopic (exact) mass is 400 g/mol. The third kappa shape index (κ3) is 4.48. The van der Waals surface area contributed by atoms with Gasteiger partial charge in [0.15, 0.2) is 0 Å². The number of sulfonamides is 1. The average molecular weight is 401 g/mol. The molecule has 7 heteroatoms. The van der Waals surface area contributed by atoms with E-state index >= 15 is 0 Å². The van der Waals surface area contributed by atoms with E-state index in [1.165, 1.54) is 18.2 Å². The minimum atomic E-state index is -3.89. The summed E-state index contributed by atoms with van der Waals surface area (Å²) in [6, 6.07) is 19.7. The van der Waals surface area contributed by atoms with Crippen molar-refractivity contribution in [3.8, 4) is 0 Å². The van der Waals surface area contributed by atoms with Crippen LogP contribution in [0.5, 0.6) is 0 Å². The van der Waals surface area contributed by atoms with E-state index in [1.807, 2.05) is 25.1 Å². The van der Waals surface area contributed by atoms with Gasteiger partial charge in [0.2, 0.25) is 0 Å². The van der Waals surface area contributed by atoms with Crippen molar-refractivity contribution < 1.29 is 13.2 Å². The molecule has 0 unspecified atom stereocenters. The normalized spacial score (nSPS) is 11.0. The second kappa shape index (κ2) is 7.82. The zero-order valence-electron chi connectivity index (χ0n) is 14.4. The summed E-state index contributed by atoms with van der Waals surface area (Å²) in [7, 11) is -3.89. The van der Waals surface area contributed by atoms with Gasteiger partial charge < -0.3 is 5.32 Å². The zero-order valence-corrected chi connectivity index (χ0v) is 16.0. The van der Waals surface area contributed by atoms with Crippen molar-refractivity contribution in [2.45, 2.75) is 11.8 Å². The predicted octanol–water partition coefficient (Wildman–Crippen LogP) is 4.70. The lowest BCUT2D eigenvalue weighted by molar-refractivity contribution is 0.102. The van der Waals surface area contributed by atoms with E-state index in [1.54, 1.807) is 36.4 Å². The fourth-order valence-corrected chi connectivity index (χ4v) is 3.82. The highest BCUT2D eigenvalue weighted by Gasteiger charge is 2.18. The van der Waals surface area contributed by atoms with Gasteiger partial charge in [0.05, 0.1) is 15.6 Å². The molecule has 3 aromatic carbocycles. The fourth-order valence-electron chi connectivity index (χ4n) is 2.46. The number of carbonyl (C=O) groups is 1. The Bertz CT molecular complexity index is 1100. The molecule has 0 atom stereocenters. The maximum Gasteiger partial charge on any atom is 0.261 e. The molecule has 0 saturated carbocycles. The molecule has 5 nitrogen and oxygen atoms in total. The van der Waals surface area contributed by atoms with Gasteiger partial charge in [-0.3, -0.25) is 9.52 Å². The number of aryl methyl sites for hydroxylation is 1. The maximum absolute atomic E-state index is 12.6. The van der Waals surface area contributed by atoms with E-state index < -0.39 is 10.0 Å². The Kier molecular flexibility index (Phi) is 5.48. The molecule has 3 rings (SSSR count). The van der Waals surface area contributed by atoms with E-state index in [0.29, 0.717) is 5.69 Å². The van der Waals surface area contributed by atoms with Gasteiger partial charge in [-0.2, -0.15) is 0 Å². The Balaban J connectivity index is 1.85. The molecule has 2 N–H and O–H groups in total. The molecule has 0 fully saturated rings. The molecule has 0 bridgehead atoms.